The number of unbranched alkanes of at least 4 members (excludes halogenated alkanes) is 1. The lowest BCUT2D eigenvalue weighted by Crippen LogP contribution is -2.25. The number of carbonyl (C=O) groups excluding carboxylic acids is 1. The van der Waals surface area contributed by atoms with E-state index in [1.165, 1.54) is 18.3 Å². The van der Waals surface area contributed by atoms with E-state index < -0.39 is 21.7 Å². The summed E-state index contributed by atoms with van der Waals surface area (Å²) in [4.78, 5) is 16.6. The predicted molar refractivity (Wildman–Crippen MR) is 117 cm³/mol. The SMILES string of the molecule is Cc1ccc(S(=O)(=O)OCCC/C=C/c2cc(Cl)cnc2C(=O)OC(C)(C)C)cc1. The number of hydrogen-bond acceptors (Lipinski definition) is 6. The Balaban J connectivity index is 1.93. The van der Waals surface area contributed by atoms with Crippen LogP contribution in [0.2, 0.25) is 5.02 Å². The summed E-state index contributed by atoms with van der Waals surface area (Å²) in [6.45, 7) is 7.27. The molecule has 0 atom stereocenters. The zero-order valence-corrected chi connectivity index (χ0v) is 19.1. The van der Waals surface area contributed by atoms with Crippen molar-refractivity contribution in [1.29, 1.82) is 0 Å². The maximum atomic E-state index is 12.3. The van der Waals surface area contributed by atoms with Crippen molar-refractivity contribution in [2.75, 3.05) is 6.61 Å². The van der Waals surface area contributed by atoms with Gasteiger partial charge in [0, 0.05) is 11.8 Å². The first kappa shape index (κ1) is 24.1. The highest BCUT2D eigenvalue weighted by molar-refractivity contribution is 7.86. The summed E-state index contributed by atoms with van der Waals surface area (Å²) in [5.41, 5.74) is 1.04. The molecular weight excluding hydrogens is 426 g/mol. The second-order valence-electron chi connectivity index (χ2n) is 7.73. The van der Waals surface area contributed by atoms with Gasteiger partial charge in [-0.05, 0) is 58.7 Å². The van der Waals surface area contributed by atoms with Crippen molar-refractivity contribution >= 4 is 33.8 Å². The van der Waals surface area contributed by atoms with E-state index in [2.05, 4.69) is 4.98 Å². The van der Waals surface area contributed by atoms with Crippen LogP contribution in [0, 0.1) is 6.92 Å². The van der Waals surface area contributed by atoms with E-state index in [9.17, 15) is 13.2 Å². The van der Waals surface area contributed by atoms with E-state index in [0.29, 0.717) is 23.4 Å². The average molecular weight is 452 g/mol. The molecule has 0 radical (unpaired) electrons. The number of benzene rings is 1. The highest BCUT2D eigenvalue weighted by Gasteiger charge is 2.21. The molecule has 30 heavy (non-hydrogen) atoms. The predicted octanol–water partition coefficient (Wildman–Crippen LogP) is 5.20. The number of hydrogen-bond donors (Lipinski definition) is 0. The number of halogens is 1. The second-order valence-corrected chi connectivity index (χ2v) is 9.78. The van der Waals surface area contributed by atoms with Crippen molar-refractivity contribution in [3.63, 3.8) is 0 Å². The number of rotatable bonds is 8. The maximum absolute atomic E-state index is 12.3. The van der Waals surface area contributed by atoms with Crippen molar-refractivity contribution < 1.29 is 22.1 Å². The van der Waals surface area contributed by atoms with Crippen molar-refractivity contribution in [2.45, 2.75) is 51.0 Å². The monoisotopic (exact) mass is 451 g/mol. The number of ether oxygens (including phenoxy) is 1. The van der Waals surface area contributed by atoms with Gasteiger partial charge in [0.1, 0.15) is 5.60 Å². The fraction of sp³-hybridized carbons (Fsp3) is 0.364. The van der Waals surface area contributed by atoms with Gasteiger partial charge in [-0.1, -0.05) is 41.4 Å². The molecule has 6 nitrogen and oxygen atoms in total. The van der Waals surface area contributed by atoms with Crippen LogP contribution in [0.25, 0.3) is 6.08 Å². The van der Waals surface area contributed by atoms with E-state index in [-0.39, 0.29) is 17.2 Å². The highest BCUT2D eigenvalue weighted by Crippen LogP contribution is 2.19. The lowest BCUT2D eigenvalue weighted by molar-refractivity contribution is 0.00626. The van der Waals surface area contributed by atoms with Crippen molar-refractivity contribution in [1.82, 2.24) is 4.98 Å². The fourth-order valence-electron chi connectivity index (χ4n) is 2.43. The number of aryl methyl sites for hydroxylation is 1. The van der Waals surface area contributed by atoms with Crippen LogP contribution in [-0.2, 0) is 19.0 Å². The number of esters is 1. The Labute approximate surface area is 183 Å². The van der Waals surface area contributed by atoms with Gasteiger partial charge in [-0.15, -0.1) is 0 Å². The normalized spacial score (nSPS) is 12.3. The van der Waals surface area contributed by atoms with E-state index in [1.807, 2.05) is 13.0 Å². The lowest BCUT2D eigenvalue weighted by atomic mass is 10.1. The average Bonchev–Trinajstić information content (AvgIpc) is 2.63. The minimum Gasteiger partial charge on any atom is -0.455 e. The largest absolute Gasteiger partial charge is 0.455 e. The van der Waals surface area contributed by atoms with Gasteiger partial charge in [0.15, 0.2) is 5.69 Å². The fourth-order valence-corrected chi connectivity index (χ4v) is 3.54. The van der Waals surface area contributed by atoms with Crippen LogP contribution in [0.5, 0.6) is 0 Å². The molecule has 2 rings (SSSR count). The van der Waals surface area contributed by atoms with Crippen molar-refractivity contribution in [3.05, 3.63) is 64.4 Å². The van der Waals surface area contributed by atoms with E-state index >= 15 is 0 Å². The summed E-state index contributed by atoms with van der Waals surface area (Å²) in [6.07, 6.45) is 5.94. The van der Waals surface area contributed by atoms with Gasteiger partial charge in [-0.2, -0.15) is 8.42 Å². The Kier molecular flexibility index (Phi) is 8.18. The smallest absolute Gasteiger partial charge is 0.358 e. The van der Waals surface area contributed by atoms with Gasteiger partial charge in [0.05, 0.1) is 16.5 Å². The third kappa shape index (κ3) is 7.55. The molecule has 0 N–H and O–H groups in total. The molecule has 8 heteroatoms. The molecule has 0 amide bonds. The molecule has 0 aliphatic rings. The lowest BCUT2D eigenvalue weighted by Gasteiger charge is -2.19. The first-order valence-corrected chi connectivity index (χ1v) is 11.3. The van der Waals surface area contributed by atoms with Gasteiger partial charge in [-0.25, -0.2) is 9.78 Å². The minimum absolute atomic E-state index is 0.0489. The zero-order chi connectivity index (χ0) is 22.4. The molecule has 0 saturated carbocycles. The highest BCUT2D eigenvalue weighted by atomic mass is 35.5. The molecule has 0 aliphatic heterocycles. The van der Waals surface area contributed by atoms with E-state index in [4.69, 9.17) is 20.5 Å². The Morgan fingerprint density at radius 3 is 2.50 bits per heavy atom. The summed E-state index contributed by atoms with van der Waals surface area (Å²) in [5.74, 6) is -0.536. The maximum Gasteiger partial charge on any atom is 0.358 e. The molecule has 0 fully saturated rings. The number of pyridine rings is 1. The molecule has 1 aromatic heterocycles. The van der Waals surface area contributed by atoms with Crippen LogP contribution < -0.4 is 0 Å². The topological polar surface area (TPSA) is 82.6 Å². The van der Waals surface area contributed by atoms with Gasteiger partial charge in [0.25, 0.3) is 10.1 Å². The number of nitrogens with zero attached hydrogens (tertiary/aromatic N) is 1. The second kappa shape index (κ2) is 10.2. The summed E-state index contributed by atoms with van der Waals surface area (Å²) >= 11 is 6.00. The standard InChI is InChI=1S/C22H26ClNO5S/c1-16-9-11-19(12-10-16)30(26,27)28-13-7-5-6-8-17-14-18(23)15-24-20(17)21(25)29-22(2,3)4/h6,8-12,14-15H,5,7,13H2,1-4H3/b8-6+. The first-order chi connectivity index (χ1) is 14.0. The summed E-state index contributed by atoms with van der Waals surface area (Å²) in [5, 5.41) is 0.398. The third-order valence-corrected chi connectivity index (χ3v) is 5.37. The number of carbonyl (C=O) groups is 1. The molecule has 0 aliphatic carbocycles. The summed E-state index contributed by atoms with van der Waals surface area (Å²) < 4.78 is 34.8. The van der Waals surface area contributed by atoms with Gasteiger partial charge < -0.3 is 4.74 Å². The van der Waals surface area contributed by atoms with E-state index in [0.717, 1.165) is 5.56 Å². The summed E-state index contributed by atoms with van der Waals surface area (Å²) in [6, 6.07) is 8.12. The van der Waals surface area contributed by atoms with Gasteiger partial charge in [-0.3, -0.25) is 4.18 Å². The van der Waals surface area contributed by atoms with Crippen molar-refractivity contribution in [3.8, 4) is 0 Å². The van der Waals surface area contributed by atoms with Gasteiger partial charge in [0.2, 0.25) is 0 Å². The Morgan fingerprint density at radius 1 is 1.20 bits per heavy atom. The molecule has 0 saturated heterocycles. The molecule has 0 spiro atoms. The van der Waals surface area contributed by atoms with Gasteiger partial charge >= 0.3 is 5.97 Å². The molecule has 1 aromatic carbocycles. The molecule has 0 bridgehead atoms. The van der Waals surface area contributed by atoms with E-state index in [1.54, 1.807) is 45.0 Å². The molecule has 1 heterocycles. The number of allylic oxidation sites excluding steroid dienone is 1. The number of aromatic nitrogens is 1. The molecule has 0 unspecified atom stereocenters. The summed E-state index contributed by atoms with van der Waals surface area (Å²) in [7, 11) is -3.77. The minimum atomic E-state index is -3.77. The zero-order valence-electron chi connectivity index (χ0n) is 17.5. The van der Waals surface area contributed by atoms with Crippen LogP contribution in [0.15, 0.2) is 47.5 Å². The molecule has 2 aromatic rings. The van der Waals surface area contributed by atoms with Crippen molar-refractivity contribution in [2.24, 2.45) is 0 Å². The molecular formula is C22H26ClNO5S. The Hall–Kier alpha value is -2.22. The van der Waals surface area contributed by atoms with Crippen LogP contribution in [0.3, 0.4) is 0 Å². The Bertz CT molecular complexity index is 1010. The van der Waals surface area contributed by atoms with Crippen LogP contribution in [-0.4, -0.2) is 31.6 Å². The molecule has 162 valence electrons. The van der Waals surface area contributed by atoms with Crippen LogP contribution in [0.1, 0.15) is 55.2 Å². The first-order valence-electron chi connectivity index (χ1n) is 9.49. The van der Waals surface area contributed by atoms with Crippen LogP contribution in [0.4, 0.5) is 0 Å². The Morgan fingerprint density at radius 2 is 1.87 bits per heavy atom. The quantitative estimate of drug-likeness (QED) is 0.311. The van der Waals surface area contributed by atoms with Crippen LogP contribution >= 0.6 is 11.6 Å². The third-order valence-electron chi connectivity index (χ3n) is 3.84.